The highest BCUT2D eigenvalue weighted by Crippen LogP contribution is 2.10. The van der Waals surface area contributed by atoms with Crippen LogP contribution in [0.1, 0.15) is 19.4 Å². The molecule has 0 radical (unpaired) electrons. The van der Waals surface area contributed by atoms with Gasteiger partial charge in [-0.25, -0.2) is 13.1 Å². The van der Waals surface area contributed by atoms with E-state index in [0.717, 1.165) is 12.0 Å². The second kappa shape index (κ2) is 7.95. The Bertz CT molecular complexity index is 579. The summed E-state index contributed by atoms with van der Waals surface area (Å²) < 4.78 is 26.7. The molecule has 1 rings (SSSR count). The second-order valence-electron chi connectivity index (χ2n) is 4.65. The number of amides is 1. The average molecular weight is 310 g/mol. The van der Waals surface area contributed by atoms with Crippen LogP contribution in [0.5, 0.6) is 0 Å². The summed E-state index contributed by atoms with van der Waals surface area (Å²) in [6.07, 6.45) is 2.47. The van der Waals surface area contributed by atoms with Gasteiger partial charge in [0.15, 0.2) is 0 Å². The molecule has 1 amide bonds. The lowest BCUT2D eigenvalue weighted by molar-refractivity contribution is -0.128. The fourth-order valence-electron chi connectivity index (χ4n) is 1.84. The third-order valence-corrected chi connectivity index (χ3v) is 4.59. The summed E-state index contributed by atoms with van der Waals surface area (Å²) in [4.78, 5) is 13.1. The summed E-state index contributed by atoms with van der Waals surface area (Å²) in [7, 11) is -3.54. The molecule has 0 unspecified atom stereocenters. The highest BCUT2D eigenvalue weighted by molar-refractivity contribution is 7.89. The average Bonchev–Trinajstić information content (AvgIpc) is 2.46. The Labute approximate surface area is 126 Å². The van der Waals surface area contributed by atoms with Crippen LogP contribution in [0.3, 0.4) is 0 Å². The first kappa shape index (κ1) is 17.4. The molecule has 0 aliphatic carbocycles. The van der Waals surface area contributed by atoms with E-state index in [1.807, 2.05) is 6.92 Å². The van der Waals surface area contributed by atoms with Gasteiger partial charge in [0.25, 0.3) is 0 Å². The summed E-state index contributed by atoms with van der Waals surface area (Å²) in [6, 6.07) is 6.78. The monoisotopic (exact) mass is 310 g/mol. The van der Waals surface area contributed by atoms with Crippen LogP contribution in [-0.2, 0) is 21.2 Å². The van der Waals surface area contributed by atoms with Gasteiger partial charge in [-0.1, -0.05) is 25.1 Å². The molecule has 0 bridgehead atoms. The number of nitrogens with one attached hydrogen (secondary N) is 1. The molecule has 0 aliphatic heterocycles. The maximum Gasteiger partial charge on any atom is 0.240 e. The Morgan fingerprint density at radius 3 is 2.43 bits per heavy atom. The van der Waals surface area contributed by atoms with Crippen LogP contribution >= 0.6 is 0 Å². The molecular formula is C15H22N2O3S. The van der Waals surface area contributed by atoms with Crippen LogP contribution < -0.4 is 4.72 Å². The second-order valence-corrected chi connectivity index (χ2v) is 6.42. The van der Waals surface area contributed by atoms with Gasteiger partial charge >= 0.3 is 0 Å². The van der Waals surface area contributed by atoms with E-state index in [1.54, 1.807) is 30.3 Å². The summed E-state index contributed by atoms with van der Waals surface area (Å²) in [5, 5.41) is 0. The number of hydrogen-bond acceptors (Lipinski definition) is 3. The standard InChI is InChI=1S/C15H22N2O3S/c1-4-11-17(13(3)18)12-10-16-21(19,20)15-8-6-14(5-2)7-9-15/h4,6-9,16H,1,5,10-12H2,2-3H3. The molecule has 0 heterocycles. The van der Waals surface area contributed by atoms with Crippen molar-refractivity contribution in [3.05, 3.63) is 42.5 Å². The molecule has 0 atom stereocenters. The number of rotatable bonds is 8. The molecule has 0 fully saturated rings. The van der Waals surface area contributed by atoms with Crippen LogP contribution in [0, 0.1) is 0 Å². The maximum absolute atomic E-state index is 12.1. The molecule has 0 aromatic heterocycles. The van der Waals surface area contributed by atoms with Gasteiger partial charge < -0.3 is 4.90 Å². The number of aryl methyl sites for hydroxylation is 1. The van der Waals surface area contributed by atoms with Crippen molar-refractivity contribution >= 4 is 15.9 Å². The zero-order valence-corrected chi connectivity index (χ0v) is 13.3. The minimum absolute atomic E-state index is 0.110. The Morgan fingerprint density at radius 2 is 1.95 bits per heavy atom. The van der Waals surface area contributed by atoms with Crippen molar-refractivity contribution in [1.29, 1.82) is 0 Å². The summed E-state index contributed by atoms with van der Waals surface area (Å²) >= 11 is 0. The number of benzene rings is 1. The smallest absolute Gasteiger partial charge is 0.240 e. The molecular weight excluding hydrogens is 288 g/mol. The van der Waals surface area contributed by atoms with Gasteiger partial charge in [0, 0.05) is 26.6 Å². The number of hydrogen-bond donors (Lipinski definition) is 1. The molecule has 5 nitrogen and oxygen atoms in total. The Kier molecular flexibility index (Phi) is 6.58. The number of sulfonamides is 1. The first-order valence-corrected chi connectivity index (χ1v) is 8.34. The lowest BCUT2D eigenvalue weighted by Gasteiger charge is -2.19. The molecule has 1 aromatic rings. The van der Waals surface area contributed by atoms with Gasteiger partial charge in [-0.2, -0.15) is 0 Å². The van der Waals surface area contributed by atoms with E-state index in [9.17, 15) is 13.2 Å². The van der Waals surface area contributed by atoms with Crippen molar-refractivity contribution < 1.29 is 13.2 Å². The third kappa shape index (κ3) is 5.32. The van der Waals surface area contributed by atoms with Gasteiger partial charge in [-0.3, -0.25) is 4.79 Å². The van der Waals surface area contributed by atoms with E-state index in [0.29, 0.717) is 13.1 Å². The van der Waals surface area contributed by atoms with Crippen LogP contribution in [0.25, 0.3) is 0 Å². The molecule has 6 heteroatoms. The SMILES string of the molecule is C=CCN(CCNS(=O)(=O)c1ccc(CC)cc1)C(C)=O. The fraction of sp³-hybridized carbons (Fsp3) is 0.400. The quantitative estimate of drug-likeness (QED) is 0.741. The number of carbonyl (C=O) groups is 1. The minimum atomic E-state index is -3.54. The van der Waals surface area contributed by atoms with Gasteiger partial charge in [-0.05, 0) is 24.1 Å². The van der Waals surface area contributed by atoms with Crippen LogP contribution in [0.4, 0.5) is 0 Å². The highest BCUT2D eigenvalue weighted by Gasteiger charge is 2.14. The van der Waals surface area contributed by atoms with Gasteiger partial charge in [0.05, 0.1) is 4.90 Å². The molecule has 1 N–H and O–H groups in total. The van der Waals surface area contributed by atoms with Crippen molar-refractivity contribution in [1.82, 2.24) is 9.62 Å². The Morgan fingerprint density at radius 1 is 1.33 bits per heavy atom. The summed E-state index contributed by atoms with van der Waals surface area (Å²) in [5.41, 5.74) is 1.09. The predicted octanol–water partition coefficient (Wildman–Crippen LogP) is 1.56. The fourth-order valence-corrected chi connectivity index (χ4v) is 2.86. The van der Waals surface area contributed by atoms with Crippen molar-refractivity contribution in [3.63, 3.8) is 0 Å². The minimum Gasteiger partial charge on any atom is -0.338 e. The molecule has 1 aromatic carbocycles. The van der Waals surface area contributed by atoms with Crippen LogP contribution in [0.15, 0.2) is 41.8 Å². The maximum atomic E-state index is 12.1. The summed E-state index contributed by atoms with van der Waals surface area (Å²) in [5.74, 6) is -0.110. The van der Waals surface area contributed by atoms with E-state index in [1.165, 1.54) is 11.8 Å². The van der Waals surface area contributed by atoms with E-state index in [-0.39, 0.29) is 17.3 Å². The van der Waals surface area contributed by atoms with Crippen molar-refractivity contribution in [3.8, 4) is 0 Å². The molecule has 21 heavy (non-hydrogen) atoms. The lowest BCUT2D eigenvalue weighted by atomic mass is 10.2. The Balaban J connectivity index is 2.63. The zero-order valence-electron chi connectivity index (χ0n) is 12.5. The summed E-state index contributed by atoms with van der Waals surface area (Å²) in [6.45, 7) is 7.92. The number of carbonyl (C=O) groups excluding carboxylic acids is 1. The zero-order chi connectivity index (χ0) is 15.9. The van der Waals surface area contributed by atoms with E-state index < -0.39 is 10.0 Å². The van der Waals surface area contributed by atoms with E-state index in [2.05, 4.69) is 11.3 Å². The van der Waals surface area contributed by atoms with E-state index in [4.69, 9.17) is 0 Å². The van der Waals surface area contributed by atoms with Gasteiger partial charge in [-0.15, -0.1) is 6.58 Å². The predicted molar refractivity (Wildman–Crippen MR) is 83.5 cm³/mol. The van der Waals surface area contributed by atoms with Crippen LogP contribution in [-0.4, -0.2) is 38.9 Å². The third-order valence-electron chi connectivity index (χ3n) is 3.11. The largest absolute Gasteiger partial charge is 0.338 e. The molecule has 0 saturated heterocycles. The first-order chi connectivity index (χ1) is 9.90. The highest BCUT2D eigenvalue weighted by atomic mass is 32.2. The molecule has 116 valence electrons. The lowest BCUT2D eigenvalue weighted by Crippen LogP contribution is -2.37. The van der Waals surface area contributed by atoms with Gasteiger partial charge in [0.1, 0.15) is 0 Å². The van der Waals surface area contributed by atoms with Crippen molar-refractivity contribution in [2.45, 2.75) is 25.2 Å². The normalized spacial score (nSPS) is 11.1. The molecule has 0 aliphatic rings. The van der Waals surface area contributed by atoms with E-state index >= 15 is 0 Å². The van der Waals surface area contributed by atoms with Crippen molar-refractivity contribution in [2.75, 3.05) is 19.6 Å². The van der Waals surface area contributed by atoms with Crippen LogP contribution in [0.2, 0.25) is 0 Å². The first-order valence-electron chi connectivity index (χ1n) is 6.85. The van der Waals surface area contributed by atoms with Gasteiger partial charge in [0.2, 0.25) is 15.9 Å². The van der Waals surface area contributed by atoms with Crippen molar-refractivity contribution in [2.24, 2.45) is 0 Å². The molecule has 0 saturated carbocycles. The number of nitrogens with zero attached hydrogens (tertiary/aromatic N) is 1. The Hall–Kier alpha value is -1.66. The molecule has 0 spiro atoms. The topological polar surface area (TPSA) is 66.5 Å².